The molecule has 3 aromatic carbocycles. The highest BCUT2D eigenvalue weighted by atomic mass is 35.5. The summed E-state index contributed by atoms with van der Waals surface area (Å²) in [6.07, 6.45) is 0.0975. The zero-order valence-electron chi connectivity index (χ0n) is 19.8. The van der Waals surface area contributed by atoms with Gasteiger partial charge in [0.1, 0.15) is 12.6 Å². The SMILES string of the molecule is O=C(Nc1cc(Cl)ccc1N1CCOO1)C(=O)NC(Cc1ccccc1)C(=O)Nc1ccc(C(=O)O)cc1. The molecule has 1 unspecified atom stereocenters. The van der Waals surface area contributed by atoms with Crippen LogP contribution in [0.4, 0.5) is 17.1 Å². The lowest BCUT2D eigenvalue weighted by atomic mass is 10.0. The zero-order chi connectivity index (χ0) is 27.1. The summed E-state index contributed by atoms with van der Waals surface area (Å²) in [5.41, 5.74) is 1.77. The van der Waals surface area contributed by atoms with E-state index in [0.717, 1.165) is 5.56 Å². The first-order chi connectivity index (χ1) is 18.3. The van der Waals surface area contributed by atoms with Gasteiger partial charge in [-0.05, 0) is 48.0 Å². The number of hydrogen-bond donors (Lipinski definition) is 4. The monoisotopic (exact) mass is 538 g/mol. The van der Waals surface area contributed by atoms with Crippen molar-refractivity contribution in [1.29, 1.82) is 0 Å². The second-order valence-electron chi connectivity index (χ2n) is 8.20. The maximum Gasteiger partial charge on any atom is 0.335 e. The van der Waals surface area contributed by atoms with Crippen LogP contribution in [0.1, 0.15) is 15.9 Å². The fourth-order valence-electron chi connectivity index (χ4n) is 3.63. The molecule has 0 radical (unpaired) electrons. The predicted octanol–water partition coefficient (Wildman–Crippen LogP) is 3.03. The third-order valence-corrected chi connectivity index (χ3v) is 5.74. The fraction of sp³-hybridized carbons (Fsp3) is 0.154. The summed E-state index contributed by atoms with van der Waals surface area (Å²) in [4.78, 5) is 59.8. The van der Waals surface area contributed by atoms with E-state index in [2.05, 4.69) is 16.0 Å². The van der Waals surface area contributed by atoms with Crippen LogP contribution < -0.4 is 21.0 Å². The van der Waals surface area contributed by atoms with Crippen LogP contribution in [0.3, 0.4) is 0 Å². The summed E-state index contributed by atoms with van der Waals surface area (Å²) in [6.45, 7) is 0.704. The summed E-state index contributed by atoms with van der Waals surface area (Å²) in [5, 5.41) is 18.4. The largest absolute Gasteiger partial charge is 0.478 e. The van der Waals surface area contributed by atoms with E-state index in [4.69, 9.17) is 26.6 Å². The molecular weight excluding hydrogens is 516 g/mol. The summed E-state index contributed by atoms with van der Waals surface area (Å²) >= 11 is 6.08. The fourth-order valence-corrected chi connectivity index (χ4v) is 3.80. The number of nitrogens with one attached hydrogen (secondary N) is 3. The second kappa shape index (κ2) is 12.2. The number of carboxylic acids is 1. The standard InChI is InChI=1S/C26H23ClN4O7/c27-18-8-11-22(31-12-13-37-38-31)20(15-18)29-24(33)25(34)30-21(14-16-4-2-1-3-5-16)23(32)28-19-9-6-17(7-10-19)26(35)36/h1-11,15,21H,12-14H2,(H,28,32)(H,29,33)(H,30,34)(H,35,36). The molecule has 0 saturated carbocycles. The number of nitrogens with zero attached hydrogens (tertiary/aromatic N) is 1. The van der Waals surface area contributed by atoms with Crippen LogP contribution in [0.2, 0.25) is 5.02 Å². The van der Waals surface area contributed by atoms with E-state index in [9.17, 15) is 19.2 Å². The minimum absolute atomic E-state index is 0.0556. The van der Waals surface area contributed by atoms with Crippen LogP contribution in [0.25, 0.3) is 0 Å². The molecule has 4 rings (SSSR count). The molecule has 3 amide bonds. The Kier molecular flexibility index (Phi) is 8.54. The van der Waals surface area contributed by atoms with Crippen LogP contribution >= 0.6 is 11.6 Å². The third kappa shape index (κ3) is 6.85. The van der Waals surface area contributed by atoms with Crippen LogP contribution in [0, 0.1) is 0 Å². The highest BCUT2D eigenvalue weighted by Gasteiger charge is 2.27. The van der Waals surface area contributed by atoms with Crippen LogP contribution in [-0.4, -0.2) is 48.0 Å². The average Bonchev–Trinajstić information content (AvgIpc) is 3.44. The number of aromatic carboxylic acids is 1. The molecule has 1 aliphatic rings. The van der Waals surface area contributed by atoms with E-state index in [0.29, 0.717) is 29.5 Å². The number of halogens is 1. The topological polar surface area (TPSA) is 146 Å². The van der Waals surface area contributed by atoms with Crippen molar-refractivity contribution < 1.29 is 34.2 Å². The molecule has 0 aliphatic carbocycles. The number of carbonyl (C=O) groups excluding carboxylic acids is 3. The van der Waals surface area contributed by atoms with Crippen molar-refractivity contribution in [3.05, 3.63) is 88.9 Å². The zero-order valence-corrected chi connectivity index (χ0v) is 20.6. The highest BCUT2D eigenvalue weighted by molar-refractivity contribution is 6.40. The first-order valence-electron chi connectivity index (χ1n) is 11.5. The molecule has 0 bridgehead atoms. The van der Waals surface area contributed by atoms with Crippen molar-refractivity contribution >= 4 is 52.4 Å². The van der Waals surface area contributed by atoms with Gasteiger partial charge >= 0.3 is 17.8 Å². The van der Waals surface area contributed by atoms with Crippen molar-refractivity contribution in [3.63, 3.8) is 0 Å². The molecule has 1 saturated heterocycles. The Balaban J connectivity index is 1.48. The lowest BCUT2D eigenvalue weighted by Crippen LogP contribution is -2.49. The number of hydrogen-bond acceptors (Lipinski definition) is 7. The average molecular weight is 539 g/mol. The Bertz CT molecular complexity index is 1330. The molecule has 1 fully saturated rings. The van der Waals surface area contributed by atoms with Gasteiger partial charge in [-0.2, -0.15) is 0 Å². The molecule has 12 heteroatoms. The minimum Gasteiger partial charge on any atom is -0.478 e. The van der Waals surface area contributed by atoms with Gasteiger partial charge in [0.05, 0.1) is 23.5 Å². The Morgan fingerprint density at radius 3 is 2.34 bits per heavy atom. The molecule has 196 valence electrons. The number of rotatable bonds is 8. The van der Waals surface area contributed by atoms with E-state index < -0.39 is 29.7 Å². The van der Waals surface area contributed by atoms with Gasteiger partial charge in [0.15, 0.2) is 0 Å². The molecule has 0 spiro atoms. The molecule has 4 N–H and O–H groups in total. The Hall–Kier alpha value is -4.45. The van der Waals surface area contributed by atoms with Crippen molar-refractivity contribution in [2.24, 2.45) is 0 Å². The number of carbonyl (C=O) groups is 4. The van der Waals surface area contributed by atoms with Gasteiger partial charge in [0.25, 0.3) is 0 Å². The number of anilines is 3. The lowest BCUT2D eigenvalue weighted by Gasteiger charge is -2.20. The number of carboxylic acid groups (broad SMARTS) is 1. The molecule has 1 heterocycles. The van der Waals surface area contributed by atoms with Gasteiger partial charge in [-0.3, -0.25) is 14.4 Å². The van der Waals surface area contributed by atoms with Gasteiger partial charge in [0.2, 0.25) is 5.91 Å². The van der Waals surface area contributed by atoms with E-state index >= 15 is 0 Å². The summed E-state index contributed by atoms with van der Waals surface area (Å²) in [7, 11) is 0. The van der Waals surface area contributed by atoms with E-state index in [1.54, 1.807) is 36.4 Å². The predicted molar refractivity (Wildman–Crippen MR) is 139 cm³/mol. The first-order valence-corrected chi connectivity index (χ1v) is 11.8. The minimum atomic E-state index is -1.12. The molecule has 1 aliphatic heterocycles. The van der Waals surface area contributed by atoms with Gasteiger partial charge in [-0.25, -0.2) is 14.7 Å². The summed E-state index contributed by atoms with van der Waals surface area (Å²) in [6, 6.07) is 18.0. The van der Waals surface area contributed by atoms with Gasteiger partial charge < -0.3 is 21.1 Å². The summed E-state index contributed by atoms with van der Waals surface area (Å²) in [5.74, 6) is -3.77. The molecule has 11 nitrogen and oxygen atoms in total. The summed E-state index contributed by atoms with van der Waals surface area (Å²) < 4.78 is 0. The Labute approximate surface area is 222 Å². The normalized spacial score (nSPS) is 13.4. The van der Waals surface area contributed by atoms with Gasteiger partial charge in [-0.15, -0.1) is 4.99 Å². The second-order valence-corrected chi connectivity index (χ2v) is 8.64. The van der Waals surface area contributed by atoms with Crippen LogP contribution in [0.15, 0.2) is 72.8 Å². The number of benzene rings is 3. The van der Waals surface area contributed by atoms with Gasteiger partial charge in [0, 0.05) is 17.1 Å². The molecule has 3 aromatic rings. The maximum atomic E-state index is 13.1. The number of amides is 3. The Morgan fingerprint density at radius 1 is 0.947 bits per heavy atom. The number of hydroxylamine groups is 1. The van der Waals surface area contributed by atoms with Crippen molar-refractivity contribution in [2.45, 2.75) is 12.5 Å². The molecular formula is C26H23ClN4O7. The molecule has 0 aromatic heterocycles. The third-order valence-electron chi connectivity index (χ3n) is 5.51. The van der Waals surface area contributed by atoms with Crippen molar-refractivity contribution in [1.82, 2.24) is 5.32 Å². The van der Waals surface area contributed by atoms with Crippen molar-refractivity contribution in [2.75, 3.05) is 28.8 Å². The van der Waals surface area contributed by atoms with Crippen LogP contribution in [0.5, 0.6) is 0 Å². The quantitative estimate of drug-likeness (QED) is 0.253. The van der Waals surface area contributed by atoms with E-state index in [-0.39, 0.29) is 17.7 Å². The lowest BCUT2D eigenvalue weighted by molar-refractivity contribution is -0.258. The van der Waals surface area contributed by atoms with E-state index in [1.807, 2.05) is 6.07 Å². The highest BCUT2D eigenvalue weighted by Crippen LogP contribution is 2.30. The molecule has 38 heavy (non-hydrogen) atoms. The van der Waals surface area contributed by atoms with Crippen LogP contribution in [-0.2, 0) is 30.7 Å². The first kappa shape index (κ1) is 26.6. The maximum absolute atomic E-state index is 13.1. The molecule has 1 atom stereocenters. The Morgan fingerprint density at radius 2 is 1.68 bits per heavy atom. The van der Waals surface area contributed by atoms with Gasteiger partial charge in [-0.1, -0.05) is 41.9 Å². The van der Waals surface area contributed by atoms with Crippen molar-refractivity contribution in [3.8, 4) is 0 Å². The van der Waals surface area contributed by atoms with E-state index in [1.165, 1.54) is 35.4 Å². The smallest absolute Gasteiger partial charge is 0.335 e.